The summed E-state index contributed by atoms with van der Waals surface area (Å²) < 4.78 is 0. The fraction of sp³-hybridized carbons (Fsp3) is 0.294. The van der Waals surface area contributed by atoms with Crippen molar-refractivity contribution in [1.82, 2.24) is 4.90 Å². The van der Waals surface area contributed by atoms with Crippen LogP contribution in [-0.4, -0.2) is 18.0 Å². The average molecular weight is 252 g/mol. The first-order valence-corrected chi connectivity index (χ1v) is 6.92. The van der Waals surface area contributed by atoms with Gasteiger partial charge >= 0.3 is 0 Å². The van der Waals surface area contributed by atoms with Gasteiger partial charge in [0, 0.05) is 25.7 Å². The molecule has 2 aromatic carbocycles. The van der Waals surface area contributed by atoms with E-state index in [4.69, 9.17) is 5.73 Å². The zero-order chi connectivity index (χ0) is 13.1. The number of fused-ring (bicyclic) bond motifs is 1. The Morgan fingerprint density at radius 3 is 2.58 bits per heavy atom. The molecular formula is C17H20N2. The van der Waals surface area contributed by atoms with E-state index in [1.54, 1.807) is 0 Å². The zero-order valence-electron chi connectivity index (χ0n) is 11.1. The highest BCUT2D eigenvalue weighted by atomic mass is 15.1. The Morgan fingerprint density at radius 1 is 1.00 bits per heavy atom. The van der Waals surface area contributed by atoms with Crippen LogP contribution >= 0.6 is 0 Å². The van der Waals surface area contributed by atoms with Gasteiger partial charge in [-0.2, -0.15) is 0 Å². The molecule has 0 saturated carbocycles. The third-order valence-electron chi connectivity index (χ3n) is 3.86. The van der Waals surface area contributed by atoms with Crippen molar-refractivity contribution in [3.63, 3.8) is 0 Å². The molecule has 0 aromatic heterocycles. The first-order chi connectivity index (χ1) is 9.33. The largest absolute Gasteiger partial charge is 0.323 e. The maximum absolute atomic E-state index is 6.35. The Kier molecular flexibility index (Phi) is 3.62. The Morgan fingerprint density at radius 2 is 1.74 bits per heavy atom. The van der Waals surface area contributed by atoms with Gasteiger partial charge < -0.3 is 5.73 Å². The van der Waals surface area contributed by atoms with Crippen LogP contribution in [0.25, 0.3) is 0 Å². The zero-order valence-corrected chi connectivity index (χ0v) is 11.1. The van der Waals surface area contributed by atoms with Gasteiger partial charge in [-0.25, -0.2) is 0 Å². The molecule has 1 unspecified atom stereocenters. The van der Waals surface area contributed by atoms with Gasteiger partial charge in [0.2, 0.25) is 0 Å². The molecule has 2 aromatic rings. The molecule has 1 atom stereocenters. The summed E-state index contributed by atoms with van der Waals surface area (Å²) in [6, 6.07) is 19.3. The number of hydrogen-bond donors (Lipinski definition) is 1. The van der Waals surface area contributed by atoms with Gasteiger partial charge in [0.25, 0.3) is 0 Å². The summed E-state index contributed by atoms with van der Waals surface area (Å²) in [7, 11) is 0. The second-order valence-corrected chi connectivity index (χ2v) is 5.28. The maximum Gasteiger partial charge on any atom is 0.0427 e. The van der Waals surface area contributed by atoms with E-state index in [1.165, 1.54) is 16.7 Å². The monoisotopic (exact) mass is 252 g/mol. The molecule has 2 N–H and O–H groups in total. The normalized spacial score (nSPS) is 19.7. The van der Waals surface area contributed by atoms with Crippen LogP contribution in [-0.2, 0) is 13.0 Å². The summed E-state index contributed by atoms with van der Waals surface area (Å²) in [4.78, 5) is 2.46. The Hall–Kier alpha value is -1.64. The molecule has 3 rings (SSSR count). The van der Waals surface area contributed by atoms with Crippen molar-refractivity contribution in [1.29, 1.82) is 0 Å². The van der Waals surface area contributed by atoms with Crippen molar-refractivity contribution in [2.45, 2.75) is 19.0 Å². The highest BCUT2D eigenvalue weighted by Gasteiger charge is 2.19. The molecule has 19 heavy (non-hydrogen) atoms. The third-order valence-corrected chi connectivity index (χ3v) is 3.86. The van der Waals surface area contributed by atoms with Crippen molar-refractivity contribution < 1.29 is 0 Å². The van der Waals surface area contributed by atoms with E-state index in [0.29, 0.717) is 0 Å². The standard InChI is InChI=1S/C17H20N2/c18-17-13-19(12-14-6-2-1-3-7-14)11-10-15-8-4-5-9-16(15)17/h1-9,17H,10-13,18H2. The third kappa shape index (κ3) is 2.86. The van der Waals surface area contributed by atoms with Crippen molar-refractivity contribution in [3.8, 4) is 0 Å². The Labute approximate surface area is 114 Å². The van der Waals surface area contributed by atoms with E-state index in [1.807, 2.05) is 0 Å². The van der Waals surface area contributed by atoms with Crippen LogP contribution in [0.2, 0.25) is 0 Å². The summed E-state index contributed by atoms with van der Waals surface area (Å²) in [5.41, 5.74) is 10.4. The fourth-order valence-corrected chi connectivity index (χ4v) is 2.86. The maximum atomic E-state index is 6.35. The summed E-state index contributed by atoms with van der Waals surface area (Å²) >= 11 is 0. The molecule has 0 bridgehead atoms. The minimum Gasteiger partial charge on any atom is -0.323 e. The van der Waals surface area contributed by atoms with E-state index in [0.717, 1.165) is 26.1 Å². The Bertz CT molecular complexity index is 536. The SMILES string of the molecule is NC1CN(Cc2ccccc2)CCc2ccccc21. The lowest BCUT2D eigenvalue weighted by atomic mass is 10.0. The summed E-state index contributed by atoms with van der Waals surface area (Å²) in [6.07, 6.45) is 1.09. The van der Waals surface area contributed by atoms with Crippen molar-refractivity contribution in [2.75, 3.05) is 13.1 Å². The predicted molar refractivity (Wildman–Crippen MR) is 78.8 cm³/mol. The quantitative estimate of drug-likeness (QED) is 0.890. The number of nitrogens with two attached hydrogens (primary N) is 1. The lowest BCUT2D eigenvalue weighted by Gasteiger charge is -2.22. The van der Waals surface area contributed by atoms with Crippen LogP contribution in [0.4, 0.5) is 0 Å². The minimum absolute atomic E-state index is 0.127. The molecule has 0 fully saturated rings. The molecule has 0 radical (unpaired) electrons. The van der Waals surface area contributed by atoms with E-state index in [2.05, 4.69) is 59.5 Å². The molecule has 0 aliphatic carbocycles. The van der Waals surface area contributed by atoms with Gasteiger partial charge in [-0.05, 0) is 23.1 Å². The minimum atomic E-state index is 0.127. The van der Waals surface area contributed by atoms with Gasteiger partial charge in [0.05, 0.1) is 0 Å². The Balaban J connectivity index is 1.75. The second kappa shape index (κ2) is 5.55. The second-order valence-electron chi connectivity index (χ2n) is 5.28. The molecule has 0 saturated heterocycles. The van der Waals surface area contributed by atoms with Crippen LogP contribution in [0.1, 0.15) is 22.7 Å². The fourth-order valence-electron chi connectivity index (χ4n) is 2.86. The molecule has 0 amide bonds. The van der Waals surface area contributed by atoms with E-state index in [-0.39, 0.29) is 6.04 Å². The van der Waals surface area contributed by atoms with E-state index < -0.39 is 0 Å². The van der Waals surface area contributed by atoms with Crippen LogP contribution in [0.3, 0.4) is 0 Å². The first-order valence-electron chi connectivity index (χ1n) is 6.92. The van der Waals surface area contributed by atoms with Crippen molar-refractivity contribution >= 4 is 0 Å². The predicted octanol–water partition coefficient (Wildman–Crippen LogP) is 2.74. The number of rotatable bonds is 2. The van der Waals surface area contributed by atoms with Gasteiger partial charge in [0.1, 0.15) is 0 Å². The van der Waals surface area contributed by atoms with Crippen LogP contribution in [0.15, 0.2) is 54.6 Å². The lowest BCUT2D eigenvalue weighted by Crippen LogP contribution is -2.30. The average Bonchev–Trinajstić information content (AvgIpc) is 2.60. The topological polar surface area (TPSA) is 29.3 Å². The lowest BCUT2D eigenvalue weighted by molar-refractivity contribution is 0.261. The van der Waals surface area contributed by atoms with Crippen LogP contribution in [0.5, 0.6) is 0 Å². The van der Waals surface area contributed by atoms with Gasteiger partial charge in [0.15, 0.2) is 0 Å². The molecule has 1 aliphatic heterocycles. The molecule has 1 heterocycles. The van der Waals surface area contributed by atoms with Crippen molar-refractivity contribution in [2.24, 2.45) is 5.73 Å². The number of benzene rings is 2. The molecular weight excluding hydrogens is 232 g/mol. The number of nitrogens with zero attached hydrogens (tertiary/aromatic N) is 1. The first kappa shape index (κ1) is 12.4. The van der Waals surface area contributed by atoms with Crippen LogP contribution in [0, 0.1) is 0 Å². The molecule has 0 spiro atoms. The van der Waals surface area contributed by atoms with E-state index in [9.17, 15) is 0 Å². The van der Waals surface area contributed by atoms with Gasteiger partial charge in [-0.15, -0.1) is 0 Å². The smallest absolute Gasteiger partial charge is 0.0427 e. The van der Waals surface area contributed by atoms with Crippen LogP contribution < -0.4 is 5.73 Å². The molecule has 2 heteroatoms. The highest BCUT2D eigenvalue weighted by Crippen LogP contribution is 2.22. The van der Waals surface area contributed by atoms with Gasteiger partial charge in [-0.3, -0.25) is 4.90 Å². The van der Waals surface area contributed by atoms with Gasteiger partial charge in [-0.1, -0.05) is 54.6 Å². The number of hydrogen-bond acceptors (Lipinski definition) is 2. The summed E-state index contributed by atoms with van der Waals surface area (Å²) in [6.45, 7) is 3.01. The summed E-state index contributed by atoms with van der Waals surface area (Å²) in [5.74, 6) is 0. The molecule has 2 nitrogen and oxygen atoms in total. The molecule has 98 valence electrons. The summed E-state index contributed by atoms with van der Waals surface area (Å²) in [5, 5.41) is 0. The highest BCUT2D eigenvalue weighted by molar-refractivity contribution is 5.31. The van der Waals surface area contributed by atoms with Crippen molar-refractivity contribution in [3.05, 3.63) is 71.3 Å². The van der Waals surface area contributed by atoms with E-state index >= 15 is 0 Å². The molecule has 1 aliphatic rings.